The molecule has 0 heterocycles. The van der Waals surface area contributed by atoms with E-state index in [1.165, 1.54) is 0 Å². The second-order valence-corrected chi connectivity index (χ2v) is 5.42. The number of Topliss-reactive ketones (excluding diaryl/α,β-unsaturated/α-hetero) is 1. The third-order valence-electron chi connectivity index (χ3n) is 3.27. The highest BCUT2D eigenvalue weighted by Crippen LogP contribution is 2.15. The zero-order valence-electron chi connectivity index (χ0n) is 12.7. The monoisotopic (exact) mass is 293 g/mol. The van der Waals surface area contributed by atoms with Crippen LogP contribution in [0.1, 0.15) is 41.3 Å². The third-order valence-corrected chi connectivity index (χ3v) is 3.27. The van der Waals surface area contributed by atoms with Gasteiger partial charge < -0.3 is 15.5 Å². The van der Waals surface area contributed by atoms with Crippen LogP contribution in [0.5, 0.6) is 0 Å². The summed E-state index contributed by atoms with van der Waals surface area (Å²) in [6, 6.07) is 4.96. The van der Waals surface area contributed by atoms with E-state index in [0.29, 0.717) is 5.56 Å². The zero-order chi connectivity index (χ0) is 16.0. The van der Waals surface area contributed by atoms with Crippen LogP contribution in [0.2, 0.25) is 0 Å². The maximum absolute atomic E-state index is 12.6. The number of ketones is 1. The molecule has 21 heavy (non-hydrogen) atoms. The highest BCUT2D eigenvalue weighted by molar-refractivity contribution is 6.01. The Kier molecular flexibility index (Phi) is 6.52. The van der Waals surface area contributed by atoms with Crippen LogP contribution >= 0.6 is 0 Å². The lowest BCUT2D eigenvalue weighted by molar-refractivity contribution is -0.137. The van der Waals surface area contributed by atoms with E-state index in [9.17, 15) is 14.7 Å². The first-order valence-electron chi connectivity index (χ1n) is 7.06. The molecular formula is C16H23NO4. The summed E-state index contributed by atoms with van der Waals surface area (Å²) in [6.45, 7) is 5.68. The van der Waals surface area contributed by atoms with Gasteiger partial charge >= 0.3 is 5.97 Å². The molecule has 0 spiro atoms. The van der Waals surface area contributed by atoms with Gasteiger partial charge in [-0.05, 0) is 32.8 Å². The van der Waals surface area contributed by atoms with Crippen molar-refractivity contribution in [2.75, 3.05) is 6.54 Å². The summed E-state index contributed by atoms with van der Waals surface area (Å²) in [5, 5.41) is 21.1. The van der Waals surface area contributed by atoms with Crippen molar-refractivity contribution in [3.8, 4) is 0 Å². The number of hydrogen-bond donors (Lipinski definition) is 3. The molecule has 0 radical (unpaired) electrons. The number of aliphatic hydroxyl groups is 1. The van der Waals surface area contributed by atoms with Crippen LogP contribution < -0.4 is 5.32 Å². The Morgan fingerprint density at radius 1 is 1.29 bits per heavy atom. The summed E-state index contributed by atoms with van der Waals surface area (Å²) in [5.74, 6) is -1.07. The molecule has 5 heteroatoms. The van der Waals surface area contributed by atoms with Gasteiger partial charge in [-0.2, -0.15) is 0 Å². The van der Waals surface area contributed by atoms with E-state index < -0.39 is 18.1 Å². The number of aryl methyl sites for hydroxylation is 2. The van der Waals surface area contributed by atoms with Crippen LogP contribution in [-0.2, 0) is 4.79 Å². The fourth-order valence-electron chi connectivity index (χ4n) is 2.18. The Labute approximate surface area is 125 Å². The van der Waals surface area contributed by atoms with Crippen molar-refractivity contribution in [2.45, 2.75) is 45.8 Å². The number of carboxylic acids is 1. The van der Waals surface area contributed by atoms with Gasteiger partial charge in [-0.15, -0.1) is 0 Å². The smallest absolute Gasteiger partial charge is 0.303 e. The Hall–Kier alpha value is -1.72. The van der Waals surface area contributed by atoms with Crippen molar-refractivity contribution in [3.63, 3.8) is 0 Å². The normalized spacial score (nSPS) is 13.7. The summed E-state index contributed by atoms with van der Waals surface area (Å²) >= 11 is 0. The molecule has 0 aliphatic rings. The lowest BCUT2D eigenvalue weighted by atomic mass is 9.95. The lowest BCUT2D eigenvalue weighted by Crippen LogP contribution is -2.41. The van der Waals surface area contributed by atoms with Crippen molar-refractivity contribution in [3.05, 3.63) is 34.9 Å². The summed E-state index contributed by atoms with van der Waals surface area (Å²) < 4.78 is 0. The molecule has 3 N–H and O–H groups in total. The van der Waals surface area contributed by atoms with E-state index in [1.54, 1.807) is 13.0 Å². The number of aliphatic hydroxyl groups excluding tert-OH is 1. The van der Waals surface area contributed by atoms with Gasteiger partial charge in [0.15, 0.2) is 5.78 Å². The van der Waals surface area contributed by atoms with E-state index in [0.717, 1.165) is 11.1 Å². The minimum atomic E-state index is -0.938. The van der Waals surface area contributed by atoms with Crippen molar-refractivity contribution in [1.82, 2.24) is 5.32 Å². The predicted octanol–water partition coefficient (Wildman–Crippen LogP) is 1.69. The van der Waals surface area contributed by atoms with Gasteiger partial charge in [0.1, 0.15) is 0 Å². The van der Waals surface area contributed by atoms with Crippen LogP contribution in [0.3, 0.4) is 0 Å². The fourth-order valence-corrected chi connectivity index (χ4v) is 2.18. The summed E-state index contributed by atoms with van der Waals surface area (Å²) in [5.41, 5.74) is 2.54. The number of hydrogen-bond acceptors (Lipinski definition) is 4. The molecule has 2 unspecified atom stereocenters. The molecule has 0 saturated carbocycles. The summed E-state index contributed by atoms with van der Waals surface area (Å²) in [4.78, 5) is 23.3. The van der Waals surface area contributed by atoms with Gasteiger partial charge in [-0.3, -0.25) is 9.59 Å². The number of carbonyl (C=O) groups is 2. The minimum absolute atomic E-state index is 0.0892. The Balaban J connectivity index is 2.89. The molecule has 1 aromatic carbocycles. The number of aliphatic carboxylic acids is 1. The molecule has 116 valence electrons. The predicted molar refractivity (Wildman–Crippen MR) is 80.6 cm³/mol. The number of carboxylic acid groups (broad SMARTS) is 1. The Bertz CT molecular complexity index is 511. The molecular weight excluding hydrogens is 270 g/mol. The average Bonchev–Trinajstić information content (AvgIpc) is 2.37. The first-order valence-corrected chi connectivity index (χ1v) is 7.06. The molecule has 0 fully saturated rings. The van der Waals surface area contributed by atoms with Crippen LogP contribution in [0.15, 0.2) is 18.2 Å². The highest BCUT2D eigenvalue weighted by Gasteiger charge is 2.22. The molecule has 2 atom stereocenters. The van der Waals surface area contributed by atoms with Gasteiger partial charge in [0, 0.05) is 18.5 Å². The van der Waals surface area contributed by atoms with Crippen LogP contribution in [-0.4, -0.2) is 40.7 Å². The first kappa shape index (κ1) is 17.3. The fraction of sp³-hybridized carbons (Fsp3) is 0.500. The van der Waals surface area contributed by atoms with Crippen molar-refractivity contribution in [1.29, 1.82) is 0 Å². The van der Waals surface area contributed by atoms with Gasteiger partial charge in [0.05, 0.1) is 12.1 Å². The SMILES string of the molecule is Cc1ccc(C(=O)C(CCC(=O)O)NCC(C)O)c(C)c1. The van der Waals surface area contributed by atoms with Crippen molar-refractivity contribution in [2.24, 2.45) is 0 Å². The Morgan fingerprint density at radius 2 is 1.95 bits per heavy atom. The largest absolute Gasteiger partial charge is 0.481 e. The second kappa shape index (κ2) is 7.90. The van der Waals surface area contributed by atoms with E-state index in [1.807, 2.05) is 26.0 Å². The van der Waals surface area contributed by atoms with E-state index >= 15 is 0 Å². The first-order chi connectivity index (χ1) is 9.81. The minimum Gasteiger partial charge on any atom is -0.481 e. The van der Waals surface area contributed by atoms with Gasteiger partial charge in [0.2, 0.25) is 0 Å². The second-order valence-electron chi connectivity index (χ2n) is 5.42. The molecule has 0 saturated heterocycles. The molecule has 0 aliphatic carbocycles. The highest BCUT2D eigenvalue weighted by atomic mass is 16.4. The quantitative estimate of drug-likeness (QED) is 0.635. The zero-order valence-corrected chi connectivity index (χ0v) is 12.7. The van der Waals surface area contributed by atoms with E-state index in [-0.39, 0.29) is 25.2 Å². The maximum Gasteiger partial charge on any atom is 0.303 e. The summed E-state index contributed by atoms with van der Waals surface area (Å²) in [7, 11) is 0. The molecule has 0 amide bonds. The van der Waals surface area contributed by atoms with Crippen molar-refractivity contribution < 1.29 is 19.8 Å². The van der Waals surface area contributed by atoms with Crippen LogP contribution in [0.4, 0.5) is 0 Å². The van der Waals surface area contributed by atoms with Crippen molar-refractivity contribution >= 4 is 11.8 Å². The maximum atomic E-state index is 12.6. The van der Waals surface area contributed by atoms with Crippen LogP contribution in [0.25, 0.3) is 0 Å². The van der Waals surface area contributed by atoms with Crippen LogP contribution in [0, 0.1) is 13.8 Å². The molecule has 0 aliphatic heterocycles. The molecule has 0 aromatic heterocycles. The average molecular weight is 293 g/mol. The number of carbonyl (C=O) groups excluding carboxylic acids is 1. The Morgan fingerprint density at radius 3 is 2.48 bits per heavy atom. The number of benzene rings is 1. The third kappa shape index (κ3) is 5.65. The van der Waals surface area contributed by atoms with E-state index in [4.69, 9.17) is 5.11 Å². The van der Waals surface area contributed by atoms with Gasteiger partial charge in [-0.1, -0.05) is 23.8 Å². The van der Waals surface area contributed by atoms with Gasteiger partial charge in [-0.25, -0.2) is 0 Å². The molecule has 1 rings (SSSR count). The molecule has 1 aromatic rings. The topological polar surface area (TPSA) is 86.6 Å². The standard InChI is InChI=1S/C16H23NO4/c1-10-4-5-13(11(2)8-10)16(21)14(6-7-15(19)20)17-9-12(3)18/h4-5,8,12,14,17-18H,6-7,9H2,1-3H3,(H,19,20). The number of rotatable bonds is 8. The van der Waals surface area contributed by atoms with Gasteiger partial charge in [0.25, 0.3) is 0 Å². The summed E-state index contributed by atoms with van der Waals surface area (Å²) in [6.07, 6.45) is -0.480. The molecule has 5 nitrogen and oxygen atoms in total. The molecule has 0 bridgehead atoms. The number of nitrogens with one attached hydrogen (secondary N) is 1. The van der Waals surface area contributed by atoms with E-state index in [2.05, 4.69) is 5.32 Å². The lowest BCUT2D eigenvalue weighted by Gasteiger charge is -2.19.